The van der Waals surface area contributed by atoms with Gasteiger partial charge in [-0.05, 0) is 13.8 Å². The van der Waals surface area contributed by atoms with Crippen LogP contribution in [0.15, 0.2) is 9.59 Å². The van der Waals surface area contributed by atoms with Gasteiger partial charge in [0.05, 0.1) is 6.04 Å². The summed E-state index contributed by atoms with van der Waals surface area (Å²) >= 11 is 10.6. The van der Waals surface area contributed by atoms with Crippen molar-refractivity contribution in [3.05, 3.63) is 26.7 Å². The Morgan fingerprint density at radius 1 is 1.21 bits per heavy atom. The molecule has 0 aliphatic carbocycles. The van der Waals surface area contributed by atoms with E-state index in [1.54, 1.807) is 0 Å². The maximum absolute atomic E-state index is 12.0. The number of H-pyrrole nitrogens is 1. The predicted octanol–water partition coefficient (Wildman–Crippen LogP) is 0.103. The zero-order valence-corrected chi connectivity index (χ0v) is 12.8. The predicted molar refractivity (Wildman–Crippen MR) is 77.0 cm³/mol. The minimum absolute atomic E-state index is 0.0533. The first-order chi connectivity index (χ1) is 8.77. The number of aromatic amines is 1. The summed E-state index contributed by atoms with van der Waals surface area (Å²) in [6.07, 6.45) is 0. The molecule has 6 nitrogen and oxygen atoms in total. The molecule has 0 fully saturated rings. The number of hydrogen-bond acceptors (Lipinski definition) is 4. The van der Waals surface area contributed by atoms with Crippen molar-refractivity contribution < 1.29 is 3.97 Å². The molecule has 0 saturated heterocycles. The molecule has 19 heavy (non-hydrogen) atoms. The highest BCUT2D eigenvalue weighted by Crippen LogP contribution is 2.16. The van der Waals surface area contributed by atoms with Crippen molar-refractivity contribution in [3.8, 4) is 0 Å². The van der Waals surface area contributed by atoms with E-state index in [0.717, 1.165) is 0 Å². The largest absolute Gasteiger partial charge is 0.598 e. The minimum Gasteiger partial charge on any atom is -0.598 e. The molecular weight excluding hydrogens is 284 g/mol. The van der Waals surface area contributed by atoms with Crippen LogP contribution < -0.4 is 15.2 Å². The Bertz CT molecular complexity index is 755. The maximum atomic E-state index is 12.0. The Morgan fingerprint density at radius 2 is 1.79 bits per heavy atom. The van der Waals surface area contributed by atoms with E-state index in [4.69, 9.17) is 25.6 Å². The molecule has 2 rings (SSSR count). The van der Waals surface area contributed by atoms with Gasteiger partial charge in [0.15, 0.2) is 5.82 Å². The highest BCUT2D eigenvalue weighted by molar-refractivity contribution is 7.57. The van der Waals surface area contributed by atoms with Gasteiger partial charge in [-0.25, -0.2) is 9.36 Å². The van der Waals surface area contributed by atoms with E-state index in [9.17, 15) is 9.59 Å². The molecule has 0 aromatic carbocycles. The molecule has 104 valence electrons. The van der Waals surface area contributed by atoms with Crippen molar-refractivity contribution in [2.45, 2.75) is 39.7 Å². The van der Waals surface area contributed by atoms with E-state index in [1.165, 1.54) is 12.5 Å². The lowest BCUT2D eigenvalue weighted by molar-refractivity contribution is -0.478. The third-order valence-corrected chi connectivity index (χ3v) is 3.67. The summed E-state index contributed by atoms with van der Waals surface area (Å²) in [5.74, 6) is 0.697. The summed E-state index contributed by atoms with van der Waals surface area (Å²) in [6, 6.07) is -0.126. The lowest BCUT2D eigenvalue weighted by Crippen LogP contribution is -2.39. The summed E-state index contributed by atoms with van der Waals surface area (Å²) in [7, 11) is 0. The molecule has 1 N–H and O–H groups in total. The Morgan fingerprint density at radius 3 is 2.26 bits per heavy atom. The van der Waals surface area contributed by atoms with E-state index in [-0.39, 0.29) is 17.5 Å². The third kappa shape index (κ3) is 1.95. The molecule has 0 aliphatic rings. The number of nitrogens with one attached hydrogen (secondary N) is 1. The van der Waals surface area contributed by atoms with E-state index in [1.807, 2.05) is 27.7 Å². The Balaban J connectivity index is 3.13. The Labute approximate surface area is 121 Å². The van der Waals surface area contributed by atoms with Crippen LogP contribution in [0, 0.1) is 0 Å². The second-order valence-corrected chi connectivity index (χ2v) is 5.73. The van der Waals surface area contributed by atoms with Crippen LogP contribution in [0.3, 0.4) is 0 Å². The van der Waals surface area contributed by atoms with E-state index in [0.29, 0.717) is 11.5 Å². The molecule has 0 unspecified atom stereocenters. The fraction of sp³-hybridized carbons (Fsp3) is 0.545. The first kappa shape index (κ1) is 14.0. The zero-order chi connectivity index (χ0) is 14.5. The summed E-state index contributed by atoms with van der Waals surface area (Å²) in [5.41, 5.74) is -0.334. The lowest BCUT2D eigenvalue weighted by Gasteiger charge is -2.15. The van der Waals surface area contributed by atoms with Gasteiger partial charge in [0.1, 0.15) is 0 Å². The van der Waals surface area contributed by atoms with Crippen LogP contribution in [0.1, 0.15) is 45.5 Å². The molecule has 2 heterocycles. The molecule has 8 heteroatoms. The van der Waals surface area contributed by atoms with Crippen LogP contribution >= 0.6 is 0 Å². The molecule has 0 spiro atoms. The molecular formula is C11H15N4O2S2-. The third-order valence-electron chi connectivity index (χ3n) is 2.94. The van der Waals surface area contributed by atoms with Gasteiger partial charge in [0, 0.05) is 5.92 Å². The zero-order valence-electron chi connectivity index (χ0n) is 11.1. The molecule has 0 aliphatic heterocycles. The lowest BCUT2D eigenvalue weighted by atomic mass is 10.2. The number of aromatic nitrogens is 4. The van der Waals surface area contributed by atoms with Crippen LogP contribution in [-0.4, -0.2) is 13.5 Å². The average molecular weight is 299 g/mol. The van der Waals surface area contributed by atoms with Crippen LogP contribution in [-0.2, 0) is 25.6 Å². The molecule has 2 aromatic rings. The van der Waals surface area contributed by atoms with E-state index in [2.05, 4.69) is 4.98 Å². The van der Waals surface area contributed by atoms with Crippen molar-refractivity contribution in [1.29, 1.82) is 0 Å². The van der Waals surface area contributed by atoms with Gasteiger partial charge in [0.2, 0.25) is 5.52 Å². The number of imidazole rings is 1. The summed E-state index contributed by atoms with van der Waals surface area (Å²) in [6.45, 7) is 7.58. The molecule has 0 bridgehead atoms. The minimum atomic E-state index is -0.502. The number of nitrogens with zero attached hydrogens (tertiary/aromatic N) is 3. The summed E-state index contributed by atoms with van der Waals surface area (Å²) in [4.78, 5) is 26.2. The quantitative estimate of drug-likeness (QED) is 0.631. The van der Waals surface area contributed by atoms with Crippen LogP contribution in [0.4, 0.5) is 0 Å². The standard InChI is InChI=1S/C11H15N4O2S2/c1-5(2)9-14(18)7-8(16)12-11(17)13(6(3)4)10(7)15(9)19/h5-6H,1-4H3,(H,12,16,17)/q-1. The number of fused-ring (bicyclic) bond motifs is 1. The average Bonchev–Trinajstić information content (AvgIpc) is 2.50. The highest BCUT2D eigenvalue weighted by Gasteiger charge is 2.23. The van der Waals surface area contributed by atoms with Gasteiger partial charge in [-0.2, -0.15) is 0 Å². The van der Waals surface area contributed by atoms with Gasteiger partial charge in [-0.1, -0.05) is 13.8 Å². The first-order valence-electron chi connectivity index (χ1n) is 5.97. The van der Waals surface area contributed by atoms with Crippen molar-refractivity contribution in [2.75, 3.05) is 0 Å². The van der Waals surface area contributed by atoms with Gasteiger partial charge < -0.3 is 33.6 Å². The molecule has 0 atom stereocenters. The smallest absolute Gasteiger partial charge is 0.386 e. The Hall–Kier alpha value is -1.41. The number of hydrogen-bond donors (Lipinski definition) is 1. The van der Waals surface area contributed by atoms with Crippen molar-refractivity contribution in [1.82, 2.24) is 13.5 Å². The topological polar surface area (TPSA) is 63.7 Å². The van der Waals surface area contributed by atoms with Crippen LogP contribution in [0.5, 0.6) is 0 Å². The Kier molecular flexibility index (Phi) is 3.40. The molecule has 0 amide bonds. The van der Waals surface area contributed by atoms with Gasteiger partial charge in [-0.3, -0.25) is 9.78 Å². The van der Waals surface area contributed by atoms with Gasteiger partial charge in [-0.15, -0.1) is 0 Å². The second kappa shape index (κ2) is 4.61. The van der Waals surface area contributed by atoms with Crippen LogP contribution in [0.2, 0.25) is 0 Å². The van der Waals surface area contributed by atoms with Crippen LogP contribution in [0.25, 0.3) is 11.2 Å². The summed E-state index contributed by atoms with van der Waals surface area (Å²) < 4.78 is 4.23. The molecule has 0 radical (unpaired) electrons. The fourth-order valence-electron chi connectivity index (χ4n) is 2.16. The van der Waals surface area contributed by atoms with Gasteiger partial charge in [0.25, 0.3) is 11.2 Å². The van der Waals surface area contributed by atoms with E-state index >= 15 is 0 Å². The van der Waals surface area contributed by atoms with Crippen molar-refractivity contribution in [2.24, 2.45) is 0 Å². The van der Waals surface area contributed by atoms with Gasteiger partial charge >= 0.3 is 5.69 Å². The monoisotopic (exact) mass is 299 g/mol. The fourth-order valence-corrected chi connectivity index (χ4v) is 3.13. The second-order valence-electron chi connectivity index (χ2n) is 5.00. The van der Waals surface area contributed by atoms with E-state index < -0.39 is 11.2 Å². The SMILES string of the molecule is CC(C)c1n([S-])c2c(=O)[nH]c(=O)n(C(C)C)c2[n+]1[S-]. The maximum Gasteiger partial charge on any atom is 0.386 e. The van der Waals surface area contributed by atoms with Crippen molar-refractivity contribution in [3.63, 3.8) is 0 Å². The summed E-state index contributed by atoms with van der Waals surface area (Å²) in [5, 5.41) is 0. The number of rotatable bonds is 2. The normalized spacial score (nSPS) is 11.9. The first-order valence-corrected chi connectivity index (χ1v) is 6.70. The highest BCUT2D eigenvalue weighted by atomic mass is 32.1. The molecule has 2 aromatic heterocycles. The van der Waals surface area contributed by atoms with Crippen molar-refractivity contribution >= 4 is 36.8 Å². The molecule has 0 saturated carbocycles.